The van der Waals surface area contributed by atoms with Crippen molar-refractivity contribution < 1.29 is 9.18 Å². The number of thioether (sulfide) groups is 1. The molecule has 0 aliphatic rings. The summed E-state index contributed by atoms with van der Waals surface area (Å²) in [5.41, 5.74) is 2.72. The minimum absolute atomic E-state index is 0.124. The number of imidazole rings is 1. The molecule has 4 nitrogen and oxygen atoms in total. The maximum atomic E-state index is 12.9. The smallest absolute Gasteiger partial charge is 0.237 e. The Morgan fingerprint density at radius 3 is 2.46 bits per heavy atom. The number of rotatable bonds is 6. The Kier molecular flexibility index (Phi) is 6.04. The van der Waals surface area contributed by atoms with E-state index >= 15 is 0 Å². The molecule has 1 aromatic carbocycles. The largest absolute Gasteiger partial charge is 0.325 e. The summed E-state index contributed by atoms with van der Waals surface area (Å²) < 4.78 is 15.1. The van der Waals surface area contributed by atoms with Crippen LogP contribution in [-0.4, -0.2) is 20.7 Å². The molecule has 130 valence electrons. The molecule has 0 bridgehead atoms. The third kappa shape index (κ3) is 4.60. The van der Waals surface area contributed by atoms with Crippen LogP contribution in [0.15, 0.2) is 29.4 Å². The molecule has 0 aliphatic carbocycles. The third-order valence-corrected chi connectivity index (χ3v) is 4.82. The van der Waals surface area contributed by atoms with Crippen molar-refractivity contribution in [3.05, 3.63) is 41.5 Å². The van der Waals surface area contributed by atoms with E-state index in [0.29, 0.717) is 11.6 Å². The maximum absolute atomic E-state index is 12.9. The summed E-state index contributed by atoms with van der Waals surface area (Å²) in [5.74, 6) is 0.0538. The van der Waals surface area contributed by atoms with Crippen LogP contribution in [0.3, 0.4) is 0 Å². The Labute approximate surface area is 146 Å². The van der Waals surface area contributed by atoms with E-state index in [1.165, 1.54) is 23.9 Å². The number of hydrogen-bond acceptors (Lipinski definition) is 3. The minimum Gasteiger partial charge on any atom is -0.325 e. The highest BCUT2D eigenvalue weighted by Gasteiger charge is 2.20. The van der Waals surface area contributed by atoms with Gasteiger partial charge in [-0.25, -0.2) is 9.37 Å². The molecule has 1 atom stereocenters. The zero-order valence-corrected chi connectivity index (χ0v) is 15.6. The average molecular weight is 349 g/mol. The van der Waals surface area contributed by atoms with Crippen molar-refractivity contribution >= 4 is 23.4 Å². The highest BCUT2D eigenvalue weighted by molar-refractivity contribution is 8.00. The lowest BCUT2D eigenvalue weighted by atomic mass is 10.2. The summed E-state index contributed by atoms with van der Waals surface area (Å²) in [4.78, 5) is 17.0. The van der Waals surface area contributed by atoms with Gasteiger partial charge in [0.1, 0.15) is 5.82 Å². The summed E-state index contributed by atoms with van der Waals surface area (Å²) in [5, 5.41) is 3.37. The summed E-state index contributed by atoms with van der Waals surface area (Å²) in [6.07, 6.45) is 0. The first-order valence-electron chi connectivity index (χ1n) is 8.04. The van der Waals surface area contributed by atoms with Crippen LogP contribution >= 0.6 is 11.8 Å². The van der Waals surface area contributed by atoms with Gasteiger partial charge in [-0.05, 0) is 51.0 Å². The van der Waals surface area contributed by atoms with Crippen LogP contribution in [-0.2, 0) is 11.3 Å². The molecule has 1 N–H and O–H groups in total. The monoisotopic (exact) mass is 349 g/mol. The Bertz CT molecular complexity index is 710. The van der Waals surface area contributed by atoms with E-state index in [0.717, 1.165) is 23.1 Å². The first-order valence-corrected chi connectivity index (χ1v) is 8.92. The van der Waals surface area contributed by atoms with Gasteiger partial charge in [0.15, 0.2) is 5.16 Å². The van der Waals surface area contributed by atoms with Crippen molar-refractivity contribution in [1.82, 2.24) is 9.55 Å². The molecule has 24 heavy (non-hydrogen) atoms. The molecule has 2 aromatic rings. The topological polar surface area (TPSA) is 46.9 Å². The summed E-state index contributed by atoms with van der Waals surface area (Å²) in [7, 11) is 0. The van der Waals surface area contributed by atoms with Crippen LogP contribution in [0.25, 0.3) is 0 Å². The maximum Gasteiger partial charge on any atom is 0.237 e. The molecule has 0 unspecified atom stereocenters. The highest BCUT2D eigenvalue weighted by Crippen LogP contribution is 2.27. The first kappa shape index (κ1) is 18.5. The molecule has 1 amide bonds. The average Bonchev–Trinajstić information content (AvgIpc) is 2.76. The highest BCUT2D eigenvalue weighted by atomic mass is 32.2. The number of carbonyl (C=O) groups is 1. The number of carbonyl (C=O) groups excluding carboxylic acids is 1. The summed E-state index contributed by atoms with van der Waals surface area (Å²) in [6.45, 7) is 11.1. The number of hydrogen-bond donors (Lipinski definition) is 1. The van der Waals surface area contributed by atoms with Gasteiger partial charge in [0, 0.05) is 17.9 Å². The van der Waals surface area contributed by atoms with Gasteiger partial charge in [-0.3, -0.25) is 4.79 Å². The number of aryl methyl sites for hydroxylation is 1. The van der Waals surface area contributed by atoms with Crippen LogP contribution in [0.2, 0.25) is 0 Å². The van der Waals surface area contributed by atoms with Gasteiger partial charge in [0.25, 0.3) is 0 Å². The first-order chi connectivity index (χ1) is 11.3. The van der Waals surface area contributed by atoms with Crippen LogP contribution in [0, 0.1) is 25.6 Å². The summed E-state index contributed by atoms with van der Waals surface area (Å²) >= 11 is 1.44. The van der Waals surface area contributed by atoms with Crippen molar-refractivity contribution in [2.24, 2.45) is 5.92 Å². The Morgan fingerprint density at radius 2 is 1.88 bits per heavy atom. The molecule has 0 saturated carbocycles. The van der Waals surface area contributed by atoms with E-state index in [-0.39, 0.29) is 17.0 Å². The fraction of sp³-hybridized carbons (Fsp3) is 0.444. The predicted octanol–water partition coefficient (Wildman–Crippen LogP) is 4.41. The SMILES string of the molecule is Cc1nc(S[C@@H](C)C(=O)Nc2ccc(F)cc2)n(CC(C)C)c1C. The lowest BCUT2D eigenvalue weighted by Crippen LogP contribution is -2.23. The fourth-order valence-corrected chi connectivity index (χ4v) is 3.29. The molecule has 0 radical (unpaired) electrons. The van der Waals surface area contributed by atoms with Crippen molar-refractivity contribution in [3.8, 4) is 0 Å². The van der Waals surface area contributed by atoms with Gasteiger partial charge in [-0.2, -0.15) is 0 Å². The number of anilines is 1. The van der Waals surface area contributed by atoms with Crippen LogP contribution in [0.1, 0.15) is 32.2 Å². The minimum atomic E-state index is -0.322. The van der Waals surface area contributed by atoms with Gasteiger partial charge < -0.3 is 9.88 Å². The lowest BCUT2D eigenvalue weighted by molar-refractivity contribution is -0.115. The molecule has 0 fully saturated rings. The molecule has 0 saturated heterocycles. The molecular weight excluding hydrogens is 325 g/mol. The second-order valence-corrected chi connectivity index (χ2v) is 7.63. The lowest BCUT2D eigenvalue weighted by Gasteiger charge is -2.15. The van der Waals surface area contributed by atoms with Gasteiger partial charge in [0.05, 0.1) is 10.9 Å². The molecular formula is C18H24FN3OS. The van der Waals surface area contributed by atoms with E-state index < -0.39 is 0 Å². The molecule has 0 spiro atoms. The molecule has 1 aromatic heterocycles. The van der Waals surface area contributed by atoms with Gasteiger partial charge >= 0.3 is 0 Å². The quantitative estimate of drug-likeness (QED) is 0.786. The van der Waals surface area contributed by atoms with Crippen LogP contribution < -0.4 is 5.32 Å². The van der Waals surface area contributed by atoms with E-state index in [1.807, 2.05) is 13.8 Å². The zero-order valence-electron chi connectivity index (χ0n) is 14.8. The molecule has 2 rings (SSSR count). The third-order valence-electron chi connectivity index (χ3n) is 3.73. The molecule has 6 heteroatoms. The number of halogens is 1. The number of nitrogens with one attached hydrogen (secondary N) is 1. The van der Waals surface area contributed by atoms with Gasteiger partial charge in [0.2, 0.25) is 5.91 Å². The van der Waals surface area contributed by atoms with E-state index in [4.69, 9.17) is 0 Å². The Morgan fingerprint density at radius 1 is 1.25 bits per heavy atom. The second-order valence-electron chi connectivity index (χ2n) is 6.33. The number of aromatic nitrogens is 2. The van der Waals surface area contributed by atoms with E-state index in [9.17, 15) is 9.18 Å². The fourth-order valence-electron chi connectivity index (χ4n) is 2.28. The van der Waals surface area contributed by atoms with Gasteiger partial charge in [-0.1, -0.05) is 25.6 Å². The van der Waals surface area contributed by atoms with Crippen molar-refractivity contribution in [1.29, 1.82) is 0 Å². The standard InChI is InChI=1S/C18H24FN3OS/c1-11(2)10-22-13(4)12(3)20-18(22)24-14(5)17(23)21-16-8-6-15(19)7-9-16/h6-9,11,14H,10H2,1-5H3,(H,21,23)/t14-/m0/s1. The normalized spacial score (nSPS) is 12.5. The summed E-state index contributed by atoms with van der Waals surface area (Å²) in [6, 6.07) is 5.77. The number of amides is 1. The Hall–Kier alpha value is -1.82. The van der Waals surface area contributed by atoms with Crippen molar-refractivity contribution in [2.75, 3.05) is 5.32 Å². The second kappa shape index (κ2) is 7.83. The number of nitrogens with zero attached hydrogens (tertiary/aromatic N) is 2. The van der Waals surface area contributed by atoms with Gasteiger partial charge in [-0.15, -0.1) is 0 Å². The van der Waals surface area contributed by atoms with E-state index in [2.05, 4.69) is 35.6 Å². The molecule has 1 heterocycles. The van der Waals surface area contributed by atoms with Crippen molar-refractivity contribution in [2.45, 2.75) is 51.6 Å². The van der Waals surface area contributed by atoms with E-state index in [1.54, 1.807) is 12.1 Å². The van der Waals surface area contributed by atoms with Crippen LogP contribution in [0.4, 0.5) is 10.1 Å². The Balaban J connectivity index is 2.08. The number of benzene rings is 1. The predicted molar refractivity (Wildman–Crippen MR) is 96.9 cm³/mol. The zero-order chi connectivity index (χ0) is 17.9. The molecule has 0 aliphatic heterocycles. The van der Waals surface area contributed by atoms with Crippen LogP contribution in [0.5, 0.6) is 0 Å². The van der Waals surface area contributed by atoms with Crippen molar-refractivity contribution in [3.63, 3.8) is 0 Å².